The van der Waals surface area contributed by atoms with Gasteiger partial charge >= 0.3 is 0 Å². The Kier molecular flexibility index (Phi) is 5.09. The van der Waals surface area contributed by atoms with Crippen LogP contribution in [0.15, 0.2) is 66.4 Å². The van der Waals surface area contributed by atoms with Crippen LogP contribution in [0.25, 0.3) is 6.08 Å². The number of ketones is 1. The second-order valence-corrected chi connectivity index (χ2v) is 7.10. The Morgan fingerprint density at radius 1 is 0.966 bits per heavy atom. The van der Waals surface area contributed by atoms with E-state index in [4.69, 9.17) is 14.2 Å². The summed E-state index contributed by atoms with van der Waals surface area (Å²) in [6.07, 6.45) is 1.78. The molecule has 0 spiro atoms. The molecule has 29 heavy (non-hydrogen) atoms. The molecule has 1 aliphatic heterocycles. The fourth-order valence-electron chi connectivity index (χ4n) is 3.30. The van der Waals surface area contributed by atoms with Gasteiger partial charge in [-0.1, -0.05) is 42.0 Å². The van der Waals surface area contributed by atoms with Gasteiger partial charge in [-0.25, -0.2) is 0 Å². The topological polar surface area (TPSA) is 44.8 Å². The summed E-state index contributed by atoms with van der Waals surface area (Å²) < 4.78 is 17.1. The standard InChI is InChI=1S/C25H22O4/c1-16-7-9-18(10-8-16)13-23-25(26)24-17(2)11-21(14-22(24)29-23)28-15-19-5-4-6-20(12-19)27-3/h4-14H,15H2,1-3H3/b23-13-. The second kappa shape index (κ2) is 7.84. The molecule has 0 aromatic heterocycles. The highest BCUT2D eigenvalue weighted by molar-refractivity contribution is 6.15. The number of Topliss-reactive ketones (excluding diaryl/α,β-unsaturated/α-hetero) is 1. The van der Waals surface area contributed by atoms with Crippen LogP contribution in [0, 0.1) is 13.8 Å². The highest BCUT2D eigenvalue weighted by atomic mass is 16.5. The molecular formula is C25H22O4. The van der Waals surface area contributed by atoms with Crippen molar-refractivity contribution in [3.8, 4) is 17.2 Å². The summed E-state index contributed by atoms with van der Waals surface area (Å²) >= 11 is 0. The van der Waals surface area contributed by atoms with Gasteiger partial charge in [0.15, 0.2) is 5.76 Å². The van der Waals surface area contributed by atoms with Gasteiger partial charge in [0.25, 0.3) is 0 Å². The third kappa shape index (κ3) is 4.02. The highest BCUT2D eigenvalue weighted by Gasteiger charge is 2.30. The van der Waals surface area contributed by atoms with Crippen LogP contribution in [0.3, 0.4) is 0 Å². The Hall–Kier alpha value is -3.53. The molecule has 0 atom stereocenters. The molecule has 0 amide bonds. The molecule has 4 nitrogen and oxygen atoms in total. The maximum atomic E-state index is 12.8. The number of carbonyl (C=O) groups is 1. The van der Waals surface area contributed by atoms with Gasteiger partial charge in [0.2, 0.25) is 5.78 Å². The molecule has 0 bridgehead atoms. The minimum Gasteiger partial charge on any atom is -0.497 e. The van der Waals surface area contributed by atoms with Crippen molar-refractivity contribution in [2.45, 2.75) is 20.5 Å². The zero-order valence-corrected chi connectivity index (χ0v) is 16.7. The number of hydrogen-bond donors (Lipinski definition) is 0. The van der Waals surface area contributed by atoms with Gasteiger partial charge in [-0.05, 0) is 54.8 Å². The van der Waals surface area contributed by atoms with Gasteiger partial charge in [-0.2, -0.15) is 0 Å². The summed E-state index contributed by atoms with van der Waals surface area (Å²) in [7, 11) is 1.64. The molecule has 3 aromatic carbocycles. The summed E-state index contributed by atoms with van der Waals surface area (Å²) in [6.45, 7) is 4.32. The van der Waals surface area contributed by atoms with E-state index in [1.165, 1.54) is 5.56 Å². The van der Waals surface area contributed by atoms with Gasteiger partial charge < -0.3 is 14.2 Å². The monoisotopic (exact) mass is 386 g/mol. The largest absolute Gasteiger partial charge is 0.497 e. The zero-order chi connectivity index (χ0) is 20.4. The van der Waals surface area contributed by atoms with E-state index in [-0.39, 0.29) is 5.78 Å². The number of fused-ring (bicyclic) bond motifs is 1. The van der Waals surface area contributed by atoms with Crippen LogP contribution in [0.4, 0.5) is 0 Å². The van der Waals surface area contributed by atoms with Crippen LogP contribution in [0.5, 0.6) is 17.2 Å². The van der Waals surface area contributed by atoms with Gasteiger partial charge in [0, 0.05) is 6.07 Å². The molecule has 0 fully saturated rings. The molecule has 0 unspecified atom stereocenters. The first-order valence-corrected chi connectivity index (χ1v) is 9.45. The van der Waals surface area contributed by atoms with E-state index >= 15 is 0 Å². The normalized spacial score (nSPS) is 13.9. The number of hydrogen-bond acceptors (Lipinski definition) is 4. The van der Waals surface area contributed by atoms with E-state index in [9.17, 15) is 4.79 Å². The molecule has 1 heterocycles. The lowest BCUT2D eigenvalue weighted by molar-refractivity contribution is 0.101. The molecule has 3 aromatic rings. The Labute approximate surface area is 170 Å². The minimum atomic E-state index is -0.0996. The quantitative estimate of drug-likeness (QED) is 0.543. The first-order chi connectivity index (χ1) is 14.0. The lowest BCUT2D eigenvalue weighted by Gasteiger charge is -2.10. The Morgan fingerprint density at radius 3 is 2.52 bits per heavy atom. The van der Waals surface area contributed by atoms with Crippen molar-refractivity contribution in [1.82, 2.24) is 0 Å². The van der Waals surface area contributed by atoms with Gasteiger partial charge in [0.1, 0.15) is 23.9 Å². The van der Waals surface area contributed by atoms with Crippen LogP contribution in [0.2, 0.25) is 0 Å². The number of methoxy groups -OCH3 is 1. The second-order valence-electron chi connectivity index (χ2n) is 7.10. The average Bonchev–Trinajstić information content (AvgIpc) is 3.04. The van der Waals surface area contributed by atoms with E-state index in [2.05, 4.69) is 0 Å². The summed E-state index contributed by atoms with van der Waals surface area (Å²) in [4.78, 5) is 12.8. The van der Waals surface area contributed by atoms with Crippen LogP contribution in [-0.2, 0) is 6.61 Å². The minimum absolute atomic E-state index is 0.0996. The number of allylic oxidation sites excluding steroid dienone is 1. The Morgan fingerprint density at radius 2 is 1.76 bits per heavy atom. The molecule has 0 aliphatic carbocycles. The first-order valence-electron chi connectivity index (χ1n) is 9.45. The van der Waals surface area contributed by atoms with E-state index < -0.39 is 0 Å². The number of carbonyl (C=O) groups excluding carboxylic acids is 1. The summed E-state index contributed by atoms with van der Waals surface area (Å²) in [5.74, 6) is 2.22. The molecular weight excluding hydrogens is 364 g/mol. The van der Waals surface area contributed by atoms with E-state index in [0.29, 0.717) is 29.4 Å². The third-order valence-electron chi connectivity index (χ3n) is 4.86. The fourth-order valence-corrected chi connectivity index (χ4v) is 3.30. The van der Waals surface area contributed by atoms with Crippen molar-refractivity contribution < 1.29 is 19.0 Å². The van der Waals surface area contributed by atoms with E-state index in [1.54, 1.807) is 19.3 Å². The van der Waals surface area contributed by atoms with Crippen LogP contribution in [-0.4, -0.2) is 12.9 Å². The SMILES string of the molecule is COc1cccc(COc2cc(C)c3c(c2)O/C(=C\c2ccc(C)cc2)C3=O)c1. The third-order valence-corrected chi connectivity index (χ3v) is 4.86. The predicted molar refractivity (Wildman–Crippen MR) is 113 cm³/mol. The lowest BCUT2D eigenvalue weighted by Crippen LogP contribution is -2.00. The van der Waals surface area contributed by atoms with Crippen molar-refractivity contribution in [3.05, 3.63) is 94.2 Å². The molecule has 4 heteroatoms. The first kappa shape index (κ1) is 18.8. The average molecular weight is 386 g/mol. The van der Waals surface area contributed by atoms with Crippen LogP contribution in [0.1, 0.15) is 32.6 Å². The zero-order valence-electron chi connectivity index (χ0n) is 16.7. The molecule has 146 valence electrons. The molecule has 1 aliphatic rings. The van der Waals surface area contributed by atoms with Gasteiger partial charge in [-0.15, -0.1) is 0 Å². The number of ether oxygens (including phenoxy) is 3. The van der Waals surface area contributed by atoms with Crippen LogP contribution >= 0.6 is 0 Å². The lowest BCUT2D eigenvalue weighted by atomic mass is 10.0. The number of rotatable bonds is 5. The molecule has 4 rings (SSSR count). The van der Waals surface area contributed by atoms with Crippen molar-refractivity contribution in [1.29, 1.82) is 0 Å². The Balaban J connectivity index is 1.55. The van der Waals surface area contributed by atoms with Crippen LogP contribution < -0.4 is 14.2 Å². The van der Waals surface area contributed by atoms with E-state index in [0.717, 1.165) is 22.4 Å². The summed E-state index contributed by atoms with van der Waals surface area (Å²) in [5, 5.41) is 0. The number of aryl methyl sites for hydroxylation is 2. The molecule has 0 saturated carbocycles. The van der Waals surface area contributed by atoms with Crippen molar-refractivity contribution in [2.24, 2.45) is 0 Å². The molecule has 0 radical (unpaired) electrons. The van der Waals surface area contributed by atoms with Gasteiger partial charge in [0.05, 0.1) is 12.7 Å². The maximum absolute atomic E-state index is 12.8. The van der Waals surface area contributed by atoms with Crippen molar-refractivity contribution >= 4 is 11.9 Å². The molecule has 0 saturated heterocycles. The number of benzene rings is 3. The summed E-state index contributed by atoms with van der Waals surface area (Å²) in [5.41, 5.74) is 4.53. The smallest absolute Gasteiger partial charge is 0.232 e. The van der Waals surface area contributed by atoms with Crippen molar-refractivity contribution in [2.75, 3.05) is 7.11 Å². The molecule has 0 N–H and O–H groups in total. The van der Waals surface area contributed by atoms with Crippen molar-refractivity contribution in [3.63, 3.8) is 0 Å². The predicted octanol–water partition coefficient (Wildman–Crippen LogP) is 5.51. The van der Waals surface area contributed by atoms with E-state index in [1.807, 2.05) is 68.4 Å². The summed E-state index contributed by atoms with van der Waals surface area (Å²) in [6, 6.07) is 19.3. The maximum Gasteiger partial charge on any atom is 0.232 e. The highest BCUT2D eigenvalue weighted by Crippen LogP contribution is 2.37. The van der Waals surface area contributed by atoms with Gasteiger partial charge in [-0.3, -0.25) is 4.79 Å². The Bertz CT molecular complexity index is 1090. The fraction of sp³-hybridized carbons (Fsp3) is 0.160.